The van der Waals surface area contributed by atoms with Gasteiger partial charge in [-0.2, -0.15) is 5.26 Å². The minimum atomic E-state index is -0.424. The summed E-state index contributed by atoms with van der Waals surface area (Å²) < 4.78 is 10.8. The highest BCUT2D eigenvalue weighted by atomic mass is 16.5. The molecule has 0 radical (unpaired) electrons. The van der Waals surface area contributed by atoms with Gasteiger partial charge in [0.1, 0.15) is 17.0 Å². The van der Waals surface area contributed by atoms with Crippen LogP contribution in [-0.2, 0) is 0 Å². The second-order valence-corrected chi connectivity index (χ2v) is 4.71. The van der Waals surface area contributed by atoms with Crippen molar-refractivity contribution in [3.63, 3.8) is 0 Å². The van der Waals surface area contributed by atoms with Gasteiger partial charge in [-0.05, 0) is 37.9 Å². The molecule has 0 aromatic heterocycles. The van der Waals surface area contributed by atoms with Crippen LogP contribution in [0.4, 0.5) is 0 Å². The average Bonchev–Trinajstić information content (AvgIpc) is 2.50. The minimum Gasteiger partial charge on any atom is -0.497 e. The van der Waals surface area contributed by atoms with Crippen LogP contribution in [0.3, 0.4) is 0 Å². The summed E-state index contributed by atoms with van der Waals surface area (Å²) in [6, 6.07) is 9.95. The Kier molecular flexibility index (Phi) is 6.89. The molecule has 0 saturated heterocycles. The summed E-state index contributed by atoms with van der Waals surface area (Å²) in [5.74, 6) is 1.59. The van der Waals surface area contributed by atoms with E-state index in [0.717, 1.165) is 37.3 Å². The number of benzene rings is 1. The molecule has 0 bridgehead atoms. The van der Waals surface area contributed by atoms with Gasteiger partial charge in [-0.25, -0.2) is 0 Å². The molecule has 4 heteroatoms. The summed E-state index contributed by atoms with van der Waals surface area (Å²) >= 11 is 0. The van der Waals surface area contributed by atoms with Gasteiger partial charge in [-0.15, -0.1) is 0 Å². The lowest BCUT2D eigenvalue weighted by Crippen LogP contribution is -2.43. The predicted octanol–water partition coefficient (Wildman–Crippen LogP) is 3.14. The van der Waals surface area contributed by atoms with Crippen molar-refractivity contribution in [2.45, 2.75) is 38.6 Å². The van der Waals surface area contributed by atoms with Crippen molar-refractivity contribution in [3.05, 3.63) is 24.3 Å². The molecule has 0 saturated carbocycles. The molecule has 0 spiro atoms. The van der Waals surface area contributed by atoms with Crippen LogP contribution in [0.1, 0.15) is 33.1 Å². The summed E-state index contributed by atoms with van der Waals surface area (Å²) in [6.07, 6.45) is 2.43. The Balaban J connectivity index is 2.42. The zero-order chi connectivity index (χ0) is 14.8. The van der Waals surface area contributed by atoms with Gasteiger partial charge in [0.25, 0.3) is 0 Å². The summed E-state index contributed by atoms with van der Waals surface area (Å²) in [7, 11) is 1.64. The highest BCUT2D eigenvalue weighted by Gasteiger charge is 2.25. The van der Waals surface area contributed by atoms with Gasteiger partial charge in [0.15, 0.2) is 0 Å². The predicted molar refractivity (Wildman–Crippen MR) is 80.0 cm³/mol. The molecule has 1 unspecified atom stereocenters. The molecule has 0 aliphatic carbocycles. The molecule has 4 nitrogen and oxygen atoms in total. The SMILES string of the molecule is CCNC(C#N)(CC)CCCOc1cccc(OC)c1. The van der Waals surface area contributed by atoms with Crippen LogP contribution in [0.25, 0.3) is 0 Å². The number of ether oxygens (including phenoxy) is 2. The van der Waals surface area contributed by atoms with Crippen molar-refractivity contribution in [1.29, 1.82) is 5.26 Å². The highest BCUT2D eigenvalue weighted by molar-refractivity contribution is 5.32. The van der Waals surface area contributed by atoms with E-state index in [4.69, 9.17) is 9.47 Å². The van der Waals surface area contributed by atoms with E-state index in [1.807, 2.05) is 38.1 Å². The summed E-state index contributed by atoms with van der Waals surface area (Å²) in [5.41, 5.74) is -0.424. The number of nitriles is 1. The Hall–Kier alpha value is -1.73. The molecule has 0 heterocycles. The van der Waals surface area contributed by atoms with E-state index < -0.39 is 5.54 Å². The first-order valence-corrected chi connectivity index (χ1v) is 7.13. The van der Waals surface area contributed by atoms with Gasteiger partial charge in [0.05, 0.1) is 19.8 Å². The van der Waals surface area contributed by atoms with E-state index in [0.29, 0.717) is 6.61 Å². The molecule has 0 amide bonds. The van der Waals surface area contributed by atoms with Crippen LogP contribution in [0.2, 0.25) is 0 Å². The molecule has 1 rings (SSSR count). The summed E-state index contributed by atoms with van der Waals surface area (Å²) in [6.45, 7) is 5.46. The van der Waals surface area contributed by atoms with Gasteiger partial charge in [-0.1, -0.05) is 19.9 Å². The van der Waals surface area contributed by atoms with Crippen LogP contribution >= 0.6 is 0 Å². The molecule has 20 heavy (non-hydrogen) atoms. The van der Waals surface area contributed by atoms with E-state index in [2.05, 4.69) is 11.4 Å². The maximum absolute atomic E-state index is 9.32. The molecule has 1 aromatic carbocycles. The molecular weight excluding hydrogens is 252 g/mol. The molecule has 1 N–H and O–H groups in total. The summed E-state index contributed by atoms with van der Waals surface area (Å²) in [4.78, 5) is 0. The lowest BCUT2D eigenvalue weighted by Gasteiger charge is -2.25. The number of nitrogens with one attached hydrogen (secondary N) is 1. The van der Waals surface area contributed by atoms with Gasteiger partial charge in [0.2, 0.25) is 0 Å². The van der Waals surface area contributed by atoms with Crippen LogP contribution < -0.4 is 14.8 Å². The molecular formula is C16H24N2O2. The first kappa shape index (κ1) is 16.3. The highest BCUT2D eigenvalue weighted by Crippen LogP contribution is 2.20. The minimum absolute atomic E-state index is 0.424. The fourth-order valence-electron chi connectivity index (χ4n) is 2.16. The fraction of sp³-hybridized carbons (Fsp3) is 0.562. The van der Waals surface area contributed by atoms with E-state index in [9.17, 15) is 5.26 Å². The zero-order valence-electron chi connectivity index (χ0n) is 12.6. The second-order valence-electron chi connectivity index (χ2n) is 4.71. The molecule has 0 aliphatic rings. The standard InChI is InChI=1S/C16H24N2O2/c1-4-16(13-17,18-5-2)10-7-11-20-15-9-6-8-14(12-15)19-3/h6,8-9,12,18H,4-5,7,10-11H2,1-3H3. The Morgan fingerprint density at radius 2 is 2.05 bits per heavy atom. The number of methoxy groups -OCH3 is 1. The maximum atomic E-state index is 9.32. The quantitative estimate of drug-likeness (QED) is 0.704. The Morgan fingerprint density at radius 3 is 2.65 bits per heavy atom. The number of hydrogen-bond acceptors (Lipinski definition) is 4. The molecule has 0 fully saturated rings. The van der Waals surface area contributed by atoms with E-state index in [-0.39, 0.29) is 0 Å². The zero-order valence-corrected chi connectivity index (χ0v) is 12.6. The van der Waals surface area contributed by atoms with Crippen LogP contribution in [-0.4, -0.2) is 25.8 Å². The maximum Gasteiger partial charge on any atom is 0.122 e. The van der Waals surface area contributed by atoms with Crippen LogP contribution in [0, 0.1) is 11.3 Å². The largest absolute Gasteiger partial charge is 0.497 e. The Morgan fingerprint density at radius 1 is 1.30 bits per heavy atom. The Labute approximate surface area is 121 Å². The Bertz CT molecular complexity index is 442. The number of nitrogens with zero attached hydrogens (tertiary/aromatic N) is 1. The van der Waals surface area contributed by atoms with Crippen LogP contribution in [0.5, 0.6) is 11.5 Å². The normalized spacial score (nSPS) is 13.3. The number of hydrogen-bond donors (Lipinski definition) is 1. The van der Waals surface area contributed by atoms with Gasteiger partial charge in [-0.3, -0.25) is 5.32 Å². The third-order valence-electron chi connectivity index (χ3n) is 3.39. The lowest BCUT2D eigenvalue weighted by molar-refractivity contribution is 0.276. The van der Waals surface area contributed by atoms with Gasteiger partial charge < -0.3 is 9.47 Å². The van der Waals surface area contributed by atoms with E-state index in [1.165, 1.54) is 0 Å². The van der Waals surface area contributed by atoms with Crippen molar-refractivity contribution in [2.24, 2.45) is 0 Å². The third-order valence-corrected chi connectivity index (χ3v) is 3.39. The van der Waals surface area contributed by atoms with Gasteiger partial charge in [0, 0.05) is 6.07 Å². The summed E-state index contributed by atoms with van der Waals surface area (Å²) in [5, 5.41) is 12.6. The van der Waals surface area contributed by atoms with E-state index in [1.54, 1.807) is 7.11 Å². The van der Waals surface area contributed by atoms with Crippen molar-refractivity contribution in [3.8, 4) is 17.6 Å². The topological polar surface area (TPSA) is 54.3 Å². The van der Waals surface area contributed by atoms with Crippen molar-refractivity contribution in [1.82, 2.24) is 5.32 Å². The third kappa shape index (κ3) is 4.75. The van der Waals surface area contributed by atoms with E-state index >= 15 is 0 Å². The van der Waals surface area contributed by atoms with Crippen molar-refractivity contribution in [2.75, 3.05) is 20.3 Å². The van der Waals surface area contributed by atoms with Gasteiger partial charge >= 0.3 is 0 Å². The number of rotatable bonds is 9. The van der Waals surface area contributed by atoms with Crippen molar-refractivity contribution < 1.29 is 9.47 Å². The lowest BCUT2D eigenvalue weighted by atomic mass is 9.92. The molecule has 0 aliphatic heterocycles. The monoisotopic (exact) mass is 276 g/mol. The fourth-order valence-corrected chi connectivity index (χ4v) is 2.16. The second kappa shape index (κ2) is 8.44. The smallest absolute Gasteiger partial charge is 0.122 e. The first-order chi connectivity index (χ1) is 9.69. The van der Waals surface area contributed by atoms with Crippen molar-refractivity contribution >= 4 is 0 Å². The van der Waals surface area contributed by atoms with Crippen LogP contribution in [0.15, 0.2) is 24.3 Å². The molecule has 110 valence electrons. The molecule has 1 aromatic rings. The molecule has 1 atom stereocenters. The average molecular weight is 276 g/mol. The first-order valence-electron chi connectivity index (χ1n) is 7.13.